The molecule has 0 spiro atoms. The fraction of sp³-hybridized carbons (Fsp3) is 0.462. The first kappa shape index (κ1) is 14.8. The number of aromatic nitrogens is 4. The topological polar surface area (TPSA) is 72.7 Å². The second-order valence-corrected chi connectivity index (χ2v) is 3.66. The molecule has 0 aliphatic heterocycles. The zero-order chi connectivity index (χ0) is 14.6. The summed E-state index contributed by atoms with van der Waals surface area (Å²) in [5.74, 6) is 6.30. The first-order valence-electron chi connectivity index (χ1n) is 6.12. The number of imidazole rings is 1. The number of rotatable bonds is 1. The highest BCUT2D eigenvalue weighted by molar-refractivity contribution is 5.70. The first-order chi connectivity index (χ1) is 9.06. The van der Waals surface area contributed by atoms with Gasteiger partial charge in [-0.2, -0.15) is 0 Å². The highest BCUT2D eigenvalue weighted by Crippen LogP contribution is 2.08. The van der Waals surface area contributed by atoms with E-state index in [1.807, 2.05) is 13.8 Å². The van der Waals surface area contributed by atoms with E-state index >= 15 is 0 Å². The number of nitrogens with zero attached hydrogens (tertiary/aromatic N) is 3. The van der Waals surface area contributed by atoms with Crippen LogP contribution in [0.25, 0.3) is 11.2 Å². The van der Waals surface area contributed by atoms with E-state index in [1.165, 1.54) is 4.57 Å². The Labute approximate surface area is 111 Å². The quantitative estimate of drug-likeness (QED) is 0.772. The smallest absolute Gasteiger partial charge is 0.311 e. The highest BCUT2D eigenvalue weighted by atomic mass is 16.2. The molecule has 0 amide bonds. The third kappa shape index (κ3) is 2.60. The van der Waals surface area contributed by atoms with Crippen molar-refractivity contribution in [2.24, 2.45) is 7.05 Å². The minimum absolute atomic E-state index is 0.382. The highest BCUT2D eigenvalue weighted by Gasteiger charge is 2.13. The molecule has 6 heteroatoms. The minimum atomic E-state index is -0.464. The molecule has 0 aliphatic rings. The van der Waals surface area contributed by atoms with Crippen molar-refractivity contribution in [3.05, 3.63) is 26.7 Å². The van der Waals surface area contributed by atoms with Crippen LogP contribution >= 0.6 is 0 Å². The summed E-state index contributed by atoms with van der Waals surface area (Å²) in [6, 6.07) is 0. The maximum atomic E-state index is 11.8. The van der Waals surface area contributed by atoms with Crippen molar-refractivity contribution in [1.82, 2.24) is 19.1 Å². The van der Waals surface area contributed by atoms with Gasteiger partial charge in [0, 0.05) is 7.05 Å². The van der Waals surface area contributed by atoms with E-state index in [-0.39, 0.29) is 0 Å². The molecule has 0 atom stereocenters. The van der Waals surface area contributed by atoms with Crippen LogP contribution in [-0.2, 0) is 13.6 Å². The fourth-order valence-electron chi connectivity index (χ4n) is 1.69. The minimum Gasteiger partial charge on any atom is -0.311 e. The maximum absolute atomic E-state index is 11.8. The SMILES string of the molecule is CC.CC#CCn1c(C)nc2c1c(=O)[nH]c(=O)n2C. The number of fused-ring (bicyclic) bond motifs is 1. The summed E-state index contributed by atoms with van der Waals surface area (Å²) in [7, 11) is 1.57. The molecule has 0 radical (unpaired) electrons. The lowest BCUT2D eigenvalue weighted by Gasteiger charge is -2.00. The van der Waals surface area contributed by atoms with Crippen molar-refractivity contribution in [2.45, 2.75) is 34.2 Å². The molecule has 0 aromatic carbocycles. The second-order valence-electron chi connectivity index (χ2n) is 3.66. The molecule has 0 saturated heterocycles. The summed E-state index contributed by atoms with van der Waals surface area (Å²) in [6.45, 7) is 7.90. The normalized spacial score (nSPS) is 9.53. The molecule has 0 aliphatic carbocycles. The molecule has 1 N–H and O–H groups in total. The molecular formula is C13H18N4O2. The molecule has 0 saturated carbocycles. The maximum Gasteiger partial charge on any atom is 0.329 e. The third-order valence-electron chi connectivity index (χ3n) is 2.61. The molecule has 0 bridgehead atoms. The molecule has 2 heterocycles. The van der Waals surface area contributed by atoms with Crippen molar-refractivity contribution in [2.75, 3.05) is 0 Å². The zero-order valence-corrected chi connectivity index (χ0v) is 11.9. The number of hydrogen-bond donors (Lipinski definition) is 1. The second kappa shape index (κ2) is 6.05. The van der Waals surface area contributed by atoms with Crippen LogP contribution in [0.5, 0.6) is 0 Å². The van der Waals surface area contributed by atoms with E-state index in [9.17, 15) is 9.59 Å². The van der Waals surface area contributed by atoms with Crippen molar-refractivity contribution < 1.29 is 0 Å². The third-order valence-corrected chi connectivity index (χ3v) is 2.61. The van der Waals surface area contributed by atoms with E-state index in [1.54, 1.807) is 25.5 Å². The number of aromatic amines is 1. The summed E-state index contributed by atoms with van der Waals surface area (Å²) >= 11 is 0. The molecule has 19 heavy (non-hydrogen) atoms. The van der Waals surface area contributed by atoms with E-state index in [0.717, 1.165) is 0 Å². The first-order valence-corrected chi connectivity index (χ1v) is 6.12. The van der Waals surface area contributed by atoms with Gasteiger partial charge in [0.2, 0.25) is 0 Å². The molecule has 0 unspecified atom stereocenters. The average molecular weight is 262 g/mol. The monoisotopic (exact) mass is 262 g/mol. The Morgan fingerprint density at radius 3 is 2.53 bits per heavy atom. The fourth-order valence-corrected chi connectivity index (χ4v) is 1.69. The Kier molecular flexibility index (Phi) is 4.70. The summed E-state index contributed by atoms with van der Waals surface area (Å²) in [5.41, 5.74) is -0.128. The van der Waals surface area contributed by atoms with Gasteiger partial charge in [-0.25, -0.2) is 9.78 Å². The number of H-pyrrole nitrogens is 1. The van der Waals surface area contributed by atoms with Crippen molar-refractivity contribution in [3.8, 4) is 11.8 Å². The number of hydrogen-bond acceptors (Lipinski definition) is 3. The van der Waals surface area contributed by atoms with E-state index in [0.29, 0.717) is 23.5 Å². The van der Waals surface area contributed by atoms with Gasteiger partial charge in [0.05, 0.1) is 6.54 Å². The zero-order valence-electron chi connectivity index (χ0n) is 11.9. The lowest BCUT2D eigenvalue weighted by Crippen LogP contribution is -2.29. The molecule has 0 fully saturated rings. The molecule has 102 valence electrons. The Morgan fingerprint density at radius 1 is 1.32 bits per heavy atom. The average Bonchev–Trinajstić information content (AvgIpc) is 2.73. The molecular weight excluding hydrogens is 244 g/mol. The van der Waals surface area contributed by atoms with Crippen LogP contribution in [0.3, 0.4) is 0 Å². The van der Waals surface area contributed by atoms with Gasteiger partial charge >= 0.3 is 5.69 Å². The van der Waals surface area contributed by atoms with Gasteiger partial charge in [-0.15, -0.1) is 5.92 Å². The van der Waals surface area contributed by atoms with Crippen LogP contribution in [-0.4, -0.2) is 19.1 Å². The molecule has 2 aromatic rings. The Morgan fingerprint density at radius 2 is 1.95 bits per heavy atom. The Hall–Kier alpha value is -2.29. The van der Waals surface area contributed by atoms with Gasteiger partial charge in [0.25, 0.3) is 5.56 Å². The largest absolute Gasteiger partial charge is 0.329 e. The Balaban J connectivity index is 0.000000861. The van der Waals surface area contributed by atoms with Crippen LogP contribution in [0, 0.1) is 18.8 Å². The van der Waals surface area contributed by atoms with Gasteiger partial charge in [0.1, 0.15) is 5.82 Å². The Bertz CT molecular complexity index is 753. The van der Waals surface area contributed by atoms with Crippen LogP contribution in [0.1, 0.15) is 26.6 Å². The molecule has 2 aromatic heterocycles. The predicted octanol–water partition coefficient (Wildman–Crippen LogP) is 0.781. The predicted molar refractivity (Wildman–Crippen MR) is 75.1 cm³/mol. The molecule has 2 rings (SSSR count). The van der Waals surface area contributed by atoms with E-state index in [4.69, 9.17) is 0 Å². The van der Waals surface area contributed by atoms with Crippen molar-refractivity contribution >= 4 is 11.2 Å². The van der Waals surface area contributed by atoms with Crippen molar-refractivity contribution in [1.29, 1.82) is 0 Å². The summed E-state index contributed by atoms with van der Waals surface area (Å²) in [5, 5.41) is 0. The van der Waals surface area contributed by atoms with E-state index in [2.05, 4.69) is 21.8 Å². The molecule has 6 nitrogen and oxygen atoms in total. The van der Waals surface area contributed by atoms with Gasteiger partial charge in [-0.1, -0.05) is 19.8 Å². The summed E-state index contributed by atoms with van der Waals surface area (Å²) < 4.78 is 3.02. The van der Waals surface area contributed by atoms with E-state index < -0.39 is 11.2 Å². The number of aryl methyl sites for hydroxylation is 2. The van der Waals surface area contributed by atoms with Crippen LogP contribution in [0.2, 0.25) is 0 Å². The van der Waals surface area contributed by atoms with Crippen LogP contribution in [0.15, 0.2) is 9.59 Å². The van der Waals surface area contributed by atoms with Gasteiger partial charge in [-0.05, 0) is 13.8 Å². The lowest BCUT2D eigenvalue weighted by atomic mass is 10.5. The van der Waals surface area contributed by atoms with Crippen LogP contribution < -0.4 is 11.2 Å². The van der Waals surface area contributed by atoms with Gasteiger partial charge in [-0.3, -0.25) is 14.3 Å². The lowest BCUT2D eigenvalue weighted by molar-refractivity contribution is 0.811. The van der Waals surface area contributed by atoms with Crippen LogP contribution in [0.4, 0.5) is 0 Å². The van der Waals surface area contributed by atoms with Gasteiger partial charge in [0.15, 0.2) is 11.2 Å². The van der Waals surface area contributed by atoms with Gasteiger partial charge < -0.3 is 4.57 Å². The van der Waals surface area contributed by atoms with Crippen molar-refractivity contribution in [3.63, 3.8) is 0 Å². The summed E-state index contributed by atoms with van der Waals surface area (Å²) in [6.07, 6.45) is 0. The number of nitrogens with one attached hydrogen (secondary N) is 1. The summed E-state index contributed by atoms with van der Waals surface area (Å²) in [4.78, 5) is 29.7. The standard InChI is InChI=1S/C11H12N4O2.C2H6/c1-4-5-6-15-7(2)12-9-8(15)10(16)13-11(17)14(9)3;1-2/h6H2,1-3H3,(H,13,16,17);1-2H3.